The summed E-state index contributed by atoms with van der Waals surface area (Å²) >= 11 is 4.64. The third-order valence-electron chi connectivity index (χ3n) is 8.53. The minimum Gasteiger partial charge on any atom is -0.476 e. The summed E-state index contributed by atoms with van der Waals surface area (Å²) in [5.74, 6) is -2.35. The molecule has 6 rings (SSSR count). The van der Waals surface area contributed by atoms with Gasteiger partial charge in [-0.25, -0.2) is 29.1 Å². The summed E-state index contributed by atoms with van der Waals surface area (Å²) in [5.41, 5.74) is 1.33. The van der Waals surface area contributed by atoms with Crippen LogP contribution < -0.4 is 21.3 Å². The number of aromatic carboxylic acids is 2. The molecule has 2 saturated carbocycles. The summed E-state index contributed by atoms with van der Waals surface area (Å²) in [7, 11) is 0. The van der Waals surface area contributed by atoms with E-state index in [9.17, 15) is 28.8 Å². The topological polar surface area (TPSA) is 243 Å². The van der Waals surface area contributed by atoms with Crippen molar-refractivity contribution in [1.82, 2.24) is 19.9 Å². The zero-order valence-electron chi connectivity index (χ0n) is 29.0. The molecule has 284 valence electrons. The number of amides is 4. The van der Waals surface area contributed by atoms with E-state index in [1.54, 1.807) is 24.6 Å². The van der Waals surface area contributed by atoms with Gasteiger partial charge in [-0.15, -0.1) is 23.5 Å². The van der Waals surface area contributed by atoms with Crippen LogP contribution in [0.15, 0.2) is 45.3 Å². The van der Waals surface area contributed by atoms with Crippen LogP contribution in [0, 0.1) is 11.8 Å². The number of ketones is 2. The normalized spacial score (nSPS) is 14.1. The van der Waals surface area contributed by atoms with Gasteiger partial charge in [0.2, 0.25) is 0 Å². The second-order valence-corrected chi connectivity index (χ2v) is 16.2. The maximum Gasteiger partial charge on any atom is 0.356 e. The van der Waals surface area contributed by atoms with Crippen LogP contribution in [0.5, 0.6) is 0 Å². The van der Waals surface area contributed by atoms with Gasteiger partial charge >= 0.3 is 24.0 Å². The number of thioether (sulfide) groups is 2. The molecule has 16 nitrogen and oxygen atoms in total. The molecule has 4 aromatic heterocycles. The monoisotopic (exact) mass is 812 g/mol. The van der Waals surface area contributed by atoms with Crippen molar-refractivity contribution < 1.29 is 39.0 Å². The van der Waals surface area contributed by atoms with Crippen LogP contribution in [-0.4, -0.2) is 78.2 Å². The van der Waals surface area contributed by atoms with Crippen molar-refractivity contribution in [1.29, 1.82) is 0 Å². The third kappa shape index (κ3) is 10.2. The quantitative estimate of drug-likeness (QED) is 0.0588. The van der Waals surface area contributed by atoms with Crippen LogP contribution in [0.2, 0.25) is 0 Å². The minimum atomic E-state index is -1.15. The molecular formula is C34H36N8O8S4. The van der Waals surface area contributed by atoms with E-state index >= 15 is 0 Å². The number of carbonyl (C=O) groups is 6. The molecule has 0 radical (unpaired) electrons. The van der Waals surface area contributed by atoms with Gasteiger partial charge in [0, 0.05) is 36.0 Å². The SMILES string of the molecule is CSc1sc(NC(=O)Nc2ccncc2C(=O)C2CCCC2)nc1C(=O)O.CSc1sc(NC(=O)Nc2cnccc2C(=O)C2CCCC2)nc1C(=O)O. The largest absolute Gasteiger partial charge is 0.476 e. The Morgan fingerprint density at radius 3 is 1.54 bits per heavy atom. The van der Waals surface area contributed by atoms with Gasteiger partial charge in [-0.1, -0.05) is 48.4 Å². The molecule has 0 saturated heterocycles. The first-order valence-corrected chi connectivity index (χ1v) is 20.8. The summed E-state index contributed by atoms with van der Waals surface area (Å²) in [6, 6.07) is 1.97. The van der Waals surface area contributed by atoms with E-state index in [0.717, 1.165) is 74.0 Å². The number of urea groups is 2. The van der Waals surface area contributed by atoms with E-state index in [1.165, 1.54) is 48.3 Å². The lowest BCUT2D eigenvalue weighted by molar-refractivity contribution is 0.0677. The number of aromatic nitrogens is 4. The van der Waals surface area contributed by atoms with Crippen LogP contribution in [0.25, 0.3) is 0 Å². The smallest absolute Gasteiger partial charge is 0.356 e. The fraction of sp³-hybridized carbons (Fsp3) is 0.353. The highest BCUT2D eigenvalue weighted by Crippen LogP contribution is 2.34. The highest BCUT2D eigenvalue weighted by Gasteiger charge is 2.28. The highest BCUT2D eigenvalue weighted by atomic mass is 32.2. The minimum absolute atomic E-state index is 0.0111. The molecule has 2 fully saturated rings. The molecule has 4 heterocycles. The Balaban J connectivity index is 0.000000208. The number of pyridine rings is 2. The molecule has 20 heteroatoms. The van der Waals surface area contributed by atoms with Crippen LogP contribution in [-0.2, 0) is 0 Å². The standard InChI is InChI=1S/2C17H18N4O4S2/c1-26-15-12(14(23)24)20-17(27-15)21-16(25)19-11-6-7-18-8-10(11)13(22)9-4-2-3-5-9;1-26-15-12(14(23)24)20-17(27-15)21-16(25)19-11-8-18-7-6-10(11)13(22)9-4-2-3-5-9/h6-9H,2-5H2,1H3,(H,23,24)(H2,18,19,20,21,25);6-9H,2-5H2,1H3,(H,23,24)(H2,19,20,21,25). The Labute approximate surface area is 325 Å². The van der Waals surface area contributed by atoms with Crippen LogP contribution in [0.4, 0.5) is 31.2 Å². The number of Topliss-reactive ketones (excluding diaryl/α,β-unsaturated/α-hetero) is 2. The van der Waals surface area contributed by atoms with Crippen molar-refractivity contribution in [3.63, 3.8) is 0 Å². The highest BCUT2D eigenvalue weighted by molar-refractivity contribution is 8.00. The van der Waals surface area contributed by atoms with E-state index in [-0.39, 0.29) is 45.1 Å². The molecule has 2 aliphatic rings. The molecule has 4 amide bonds. The summed E-state index contributed by atoms with van der Waals surface area (Å²) in [4.78, 5) is 88.2. The number of nitrogens with zero attached hydrogens (tertiary/aromatic N) is 4. The number of thiazole rings is 2. The molecule has 0 unspecified atom stereocenters. The van der Waals surface area contributed by atoms with Crippen molar-refractivity contribution in [3.05, 3.63) is 59.4 Å². The number of nitrogens with one attached hydrogen (secondary N) is 4. The van der Waals surface area contributed by atoms with Crippen molar-refractivity contribution in [3.8, 4) is 0 Å². The first-order valence-electron chi connectivity index (χ1n) is 16.7. The summed E-state index contributed by atoms with van der Waals surface area (Å²) in [5, 5.41) is 28.9. The molecule has 6 N–H and O–H groups in total. The molecule has 0 bridgehead atoms. The Hall–Kier alpha value is -4.92. The lowest BCUT2D eigenvalue weighted by Gasteiger charge is -2.13. The van der Waals surface area contributed by atoms with Crippen LogP contribution >= 0.6 is 46.2 Å². The van der Waals surface area contributed by atoms with Gasteiger partial charge in [0.15, 0.2) is 33.2 Å². The fourth-order valence-electron chi connectivity index (χ4n) is 5.99. The van der Waals surface area contributed by atoms with E-state index in [1.807, 2.05) is 0 Å². The first kappa shape index (κ1) is 40.3. The Morgan fingerprint density at radius 2 is 1.07 bits per heavy atom. The van der Waals surface area contributed by atoms with Crippen molar-refractivity contribution >= 4 is 103 Å². The molecule has 4 aromatic rings. The van der Waals surface area contributed by atoms with Gasteiger partial charge in [0.1, 0.15) is 0 Å². The lowest BCUT2D eigenvalue weighted by Crippen LogP contribution is -2.22. The fourth-order valence-corrected chi connectivity index (χ4v) is 9.16. The van der Waals surface area contributed by atoms with E-state index in [0.29, 0.717) is 30.9 Å². The van der Waals surface area contributed by atoms with Gasteiger partial charge in [-0.05, 0) is 50.3 Å². The number of carbonyl (C=O) groups excluding carboxylic acids is 4. The summed E-state index contributed by atoms with van der Waals surface area (Å²) in [6.07, 6.45) is 17.0. The Kier molecular flexibility index (Phi) is 14.1. The second-order valence-electron chi connectivity index (χ2n) is 12.0. The number of rotatable bonds is 12. The number of carboxylic acids is 2. The molecule has 0 aliphatic heterocycles. The van der Waals surface area contributed by atoms with Gasteiger partial charge < -0.3 is 20.8 Å². The molecule has 54 heavy (non-hydrogen) atoms. The van der Waals surface area contributed by atoms with Gasteiger partial charge in [-0.3, -0.25) is 30.2 Å². The first-order chi connectivity index (χ1) is 26.0. The molecule has 0 aromatic carbocycles. The van der Waals surface area contributed by atoms with Gasteiger partial charge in [0.05, 0.1) is 31.6 Å². The number of carboxylic acid groups (broad SMARTS) is 2. The maximum absolute atomic E-state index is 12.7. The van der Waals surface area contributed by atoms with Crippen molar-refractivity contribution in [2.24, 2.45) is 11.8 Å². The summed E-state index contributed by atoms with van der Waals surface area (Å²) < 4.78 is 0.995. The second kappa shape index (κ2) is 18.9. The predicted molar refractivity (Wildman–Crippen MR) is 208 cm³/mol. The average molecular weight is 813 g/mol. The molecule has 0 atom stereocenters. The zero-order chi connectivity index (χ0) is 38.8. The van der Waals surface area contributed by atoms with E-state index in [4.69, 9.17) is 10.2 Å². The zero-order valence-corrected chi connectivity index (χ0v) is 32.3. The predicted octanol–water partition coefficient (Wildman–Crippen LogP) is 7.95. The third-order valence-corrected chi connectivity index (χ3v) is 12.7. The lowest BCUT2D eigenvalue weighted by atomic mass is 9.96. The molecular weight excluding hydrogens is 777 g/mol. The maximum atomic E-state index is 12.7. The van der Waals surface area contributed by atoms with Crippen LogP contribution in [0.3, 0.4) is 0 Å². The number of anilines is 4. The van der Waals surface area contributed by atoms with E-state index in [2.05, 4.69) is 41.2 Å². The van der Waals surface area contributed by atoms with Crippen LogP contribution in [0.1, 0.15) is 93.1 Å². The average Bonchev–Trinajstić information content (AvgIpc) is 3.99. The Bertz CT molecular complexity index is 1900. The van der Waals surface area contributed by atoms with Gasteiger partial charge in [-0.2, -0.15) is 0 Å². The van der Waals surface area contributed by atoms with Gasteiger partial charge in [0.25, 0.3) is 0 Å². The molecule has 2 aliphatic carbocycles. The number of hydrogen-bond donors (Lipinski definition) is 6. The van der Waals surface area contributed by atoms with Crippen molar-refractivity contribution in [2.75, 3.05) is 33.8 Å². The number of hydrogen-bond acceptors (Lipinski definition) is 14. The summed E-state index contributed by atoms with van der Waals surface area (Å²) in [6.45, 7) is 0. The van der Waals surface area contributed by atoms with E-state index < -0.39 is 24.0 Å². The Morgan fingerprint density at radius 1 is 0.630 bits per heavy atom. The molecule has 0 spiro atoms. The van der Waals surface area contributed by atoms with Crippen molar-refractivity contribution in [2.45, 2.75) is 59.8 Å².